The monoisotopic (exact) mass is 154 g/mol. The fourth-order valence-corrected chi connectivity index (χ4v) is 0.739. The molecule has 0 bridgehead atoms. The van der Waals surface area contributed by atoms with E-state index in [-0.39, 0.29) is 5.78 Å². The number of carbonyl (C=O) groups is 1. The molecule has 0 unspecified atom stereocenters. The highest BCUT2D eigenvalue weighted by Crippen LogP contribution is 2.09. The summed E-state index contributed by atoms with van der Waals surface area (Å²) in [5.74, 6) is 0.889. The van der Waals surface area contributed by atoms with Crippen LogP contribution in [0.4, 0.5) is 0 Å². The second kappa shape index (κ2) is 5.11. The van der Waals surface area contributed by atoms with Gasteiger partial charge in [0.2, 0.25) is 0 Å². The molecule has 0 saturated heterocycles. The summed E-state index contributed by atoms with van der Waals surface area (Å²) in [6, 6.07) is 0. The van der Waals surface area contributed by atoms with Gasteiger partial charge in [0.1, 0.15) is 5.78 Å². The summed E-state index contributed by atoms with van der Waals surface area (Å²) >= 11 is 0. The maximum absolute atomic E-state index is 10.6. The molecule has 0 heterocycles. The third kappa shape index (κ3) is 5.84. The zero-order chi connectivity index (χ0) is 8.85. The lowest BCUT2D eigenvalue weighted by atomic mass is 10.0. The zero-order valence-corrected chi connectivity index (χ0v) is 7.98. The molecule has 0 fully saturated rings. The van der Waals surface area contributed by atoms with E-state index in [0.29, 0.717) is 12.3 Å². The van der Waals surface area contributed by atoms with Crippen LogP contribution in [0.25, 0.3) is 0 Å². The molecule has 0 spiro atoms. The molecule has 0 aromatic heterocycles. The van der Waals surface area contributed by atoms with Crippen molar-refractivity contribution in [3.8, 4) is 0 Å². The highest BCUT2D eigenvalue weighted by Gasteiger charge is 1.95. The van der Waals surface area contributed by atoms with E-state index in [1.54, 1.807) is 6.92 Å². The van der Waals surface area contributed by atoms with Crippen molar-refractivity contribution in [3.63, 3.8) is 0 Å². The molecule has 0 amide bonds. The van der Waals surface area contributed by atoms with Gasteiger partial charge in [-0.05, 0) is 26.2 Å². The molecule has 0 aliphatic carbocycles. The Morgan fingerprint density at radius 2 is 1.91 bits per heavy atom. The third-order valence-electron chi connectivity index (χ3n) is 1.87. The van der Waals surface area contributed by atoms with E-state index in [1.165, 1.54) is 5.57 Å². The summed E-state index contributed by atoms with van der Waals surface area (Å²) in [4.78, 5) is 10.6. The van der Waals surface area contributed by atoms with Gasteiger partial charge in [-0.3, -0.25) is 0 Å². The van der Waals surface area contributed by atoms with Gasteiger partial charge in [-0.25, -0.2) is 0 Å². The molecule has 1 nitrogen and oxygen atoms in total. The number of hydrogen-bond donors (Lipinski definition) is 0. The van der Waals surface area contributed by atoms with Crippen LogP contribution in [0.3, 0.4) is 0 Å². The first kappa shape index (κ1) is 10.4. The first-order valence-corrected chi connectivity index (χ1v) is 4.20. The van der Waals surface area contributed by atoms with E-state index in [2.05, 4.69) is 26.8 Å². The molecule has 0 saturated carbocycles. The van der Waals surface area contributed by atoms with E-state index in [9.17, 15) is 4.79 Å². The maximum atomic E-state index is 10.6. The molecule has 0 radical (unpaired) electrons. The third-order valence-corrected chi connectivity index (χ3v) is 1.87. The summed E-state index contributed by atoms with van der Waals surface area (Å²) in [6.07, 6.45) is 3.75. The number of ketones is 1. The molecular weight excluding hydrogens is 136 g/mol. The number of allylic oxidation sites excluding steroid dienone is 2. The maximum Gasteiger partial charge on any atom is 0.130 e. The average Bonchev–Trinajstić information content (AvgIpc) is 1.86. The van der Waals surface area contributed by atoms with Gasteiger partial charge in [-0.15, -0.1) is 0 Å². The number of hydrogen-bond acceptors (Lipinski definition) is 1. The van der Waals surface area contributed by atoms with Gasteiger partial charge in [0, 0.05) is 6.42 Å². The fourth-order valence-electron chi connectivity index (χ4n) is 0.739. The Labute approximate surface area is 69.5 Å². The molecular formula is C10H18O. The van der Waals surface area contributed by atoms with Crippen LogP contribution in [-0.4, -0.2) is 5.78 Å². The summed E-state index contributed by atoms with van der Waals surface area (Å²) in [5.41, 5.74) is 1.38. The smallest absolute Gasteiger partial charge is 0.130 e. The van der Waals surface area contributed by atoms with Crippen LogP contribution < -0.4 is 0 Å². The lowest BCUT2D eigenvalue weighted by Gasteiger charge is -2.03. The van der Waals surface area contributed by atoms with Crippen molar-refractivity contribution in [1.29, 1.82) is 0 Å². The number of Topliss-reactive ketones (excluding diaryl/α,β-unsaturated/α-hetero) is 1. The predicted molar refractivity (Wildman–Crippen MR) is 48.5 cm³/mol. The van der Waals surface area contributed by atoms with Crippen molar-refractivity contribution in [2.45, 2.75) is 40.5 Å². The quantitative estimate of drug-likeness (QED) is 0.569. The first-order chi connectivity index (χ1) is 5.04. The molecule has 11 heavy (non-hydrogen) atoms. The summed E-state index contributed by atoms with van der Waals surface area (Å²) in [7, 11) is 0. The highest BCUT2D eigenvalue weighted by molar-refractivity contribution is 5.75. The Kier molecular flexibility index (Phi) is 4.84. The zero-order valence-electron chi connectivity index (χ0n) is 7.98. The van der Waals surface area contributed by atoms with Gasteiger partial charge >= 0.3 is 0 Å². The Balaban J connectivity index is 3.65. The minimum atomic E-state index is 0.276. The van der Waals surface area contributed by atoms with Gasteiger partial charge in [0.25, 0.3) is 0 Å². The van der Waals surface area contributed by atoms with Gasteiger partial charge in [0.15, 0.2) is 0 Å². The summed E-state index contributed by atoms with van der Waals surface area (Å²) < 4.78 is 0. The molecule has 1 heteroatoms. The van der Waals surface area contributed by atoms with E-state index in [0.717, 1.165) is 6.42 Å². The second-order valence-corrected chi connectivity index (χ2v) is 3.34. The van der Waals surface area contributed by atoms with Crippen molar-refractivity contribution in [2.24, 2.45) is 5.92 Å². The van der Waals surface area contributed by atoms with Crippen molar-refractivity contribution in [2.75, 3.05) is 0 Å². The van der Waals surface area contributed by atoms with Crippen LogP contribution >= 0.6 is 0 Å². The van der Waals surface area contributed by atoms with E-state index in [1.807, 2.05) is 0 Å². The van der Waals surface area contributed by atoms with Crippen LogP contribution in [0.2, 0.25) is 0 Å². The normalized spacial score (nSPS) is 12.3. The van der Waals surface area contributed by atoms with Gasteiger partial charge < -0.3 is 4.79 Å². The van der Waals surface area contributed by atoms with Crippen molar-refractivity contribution in [3.05, 3.63) is 11.6 Å². The molecule has 64 valence electrons. The Hall–Kier alpha value is -0.590. The van der Waals surface area contributed by atoms with Crippen LogP contribution in [0.15, 0.2) is 11.6 Å². The number of rotatable bonds is 4. The topological polar surface area (TPSA) is 17.1 Å². The van der Waals surface area contributed by atoms with Crippen molar-refractivity contribution in [1.82, 2.24) is 0 Å². The molecule has 0 rings (SSSR count). The SMILES string of the molecule is CC(=O)CC/C=C(/C)C(C)C. The highest BCUT2D eigenvalue weighted by atomic mass is 16.1. The summed E-state index contributed by atoms with van der Waals surface area (Å²) in [5, 5.41) is 0. The van der Waals surface area contributed by atoms with Crippen molar-refractivity contribution < 1.29 is 4.79 Å². The van der Waals surface area contributed by atoms with E-state index >= 15 is 0 Å². The minimum absolute atomic E-state index is 0.276. The van der Waals surface area contributed by atoms with Crippen LogP contribution in [-0.2, 0) is 4.79 Å². The van der Waals surface area contributed by atoms with Gasteiger partial charge in [0.05, 0.1) is 0 Å². The lowest BCUT2D eigenvalue weighted by molar-refractivity contribution is -0.116. The molecule has 0 aromatic carbocycles. The van der Waals surface area contributed by atoms with Crippen LogP contribution in [0.5, 0.6) is 0 Å². The van der Waals surface area contributed by atoms with Crippen LogP contribution in [0.1, 0.15) is 40.5 Å². The fraction of sp³-hybridized carbons (Fsp3) is 0.700. The van der Waals surface area contributed by atoms with Gasteiger partial charge in [-0.2, -0.15) is 0 Å². The summed E-state index contributed by atoms with van der Waals surface area (Å²) in [6.45, 7) is 8.09. The number of carbonyl (C=O) groups excluding carboxylic acids is 1. The Morgan fingerprint density at radius 1 is 1.36 bits per heavy atom. The minimum Gasteiger partial charge on any atom is -0.300 e. The molecule has 0 atom stereocenters. The standard InChI is InChI=1S/C10H18O/c1-8(2)9(3)6-5-7-10(4)11/h6,8H,5,7H2,1-4H3/b9-6-. The predicted octanol–water partition coefficient (Wildman–Crippen LogP) is 2.96. The average molecular weight is 154 g/mol. The van der Waals surface area contributed by atoms with Gasteiger partial charge in [-0.1, -0.05) is 25.5 Å². The second-order valence-electron chi connectivity index (χ2n) is 3.34. The molecule has 0 aromatic rings. The van der Waals surface area contributed by atoms with Crippen molar-refractivity contribution >= 4 is 5.78 Å². The Bertz CT molecular complexity index is 154. The lowest BCUT2D eigenvalue weighted by Crippen LogP contribution is -1.91. The van der Waals surface area contributed by atoms with E-state index in [4.69, 9.17) is 0 Å². The molecule has 0 N–H and O–H groups in total. The molecule has 0 aliphatic rings. The largest absolute Gasteiger partial charge is 0.300 e. The van der Waals surface area contributed by atoms with Crippen LogP contribution in [0, 0.1) is 5.92 Å². The van der Waals surface area contributed by atoms with E-state index < -0.39 is 0 Å². The first-order valence-electron chi connectivity index (χ1n) is 4.20. The molecule has 0 aliphatic heterocycles. The Morgan fingerprint density at radius 3 is 2.27 bits per heavy atom.